The van der Waals surface area contributed by atoms with Crippen molar-refractivity contribution in [2.24, 2.45) is 0 Å². The number of alkyl halides is 6. The first-order valence-corrected chi connectivity index (χ1v) is 7.97. The second-order valence-corrected chi connectivity index (χ2v) is 5.61. The highest BCUT2D eigenvalue weighted by Gasteiger charge is 2.39. The van der Waals surface area contributed by atoms with E-state index >= 15 is 0 Å². The van der Waals surface area contributed by atoms with E-state index in [0.29, 0.717) is 24.3 Å². The number of rotatable bonds is 5. The summed E-state index contributed by atoms with van der Waals surface area (Å²) < 4.78 is 83.0. The van der Waals surface area contributed by atoms with E-state index in [4.69, 9.17) is 4.74 Å². The number of carbonyl (C=O) groups excluding carboxylic acids is 1. The van der Waals surface area contributed by atoms with Gasteiger partial charge in [0.15, 0.2) is 0 Å². The number of halogens is 6. The van der Waals surface area contributed by atoms with Gasteiger partial charge in [-0.2, -0.15) is 26.3 Å². The molecule has 0 radical (unpaired) electrons. The van der Waals surface area contributed by atoms with Crippen LogP contribution in [0.1, 0.15) is 22.3 Å². The van der Waals surface area contributed by atoms with Crippen LogP contribution < -0.4 is 5.32 Å². The Balaban J connectivity index is 2.04. The molecule has 3 nitrogen and oxygen atoms in total. The van der Waals surface area contributed by atoms with E-state index in [1.807, 2.05) is 0 Å². The van der Waals surface area contributed by atoms with Gasteiger partial charge in [-0.05, 0) is 23.3 Å². The molecule has 0 saturated heterocycles. The molecule has 0 fully saturated rings. The molecule has 1 amide bonds. The number of hydrogen-bond acceptors (Lipinski definition) is 2. The molecule has 0 unspecified atom stereocenters. The smallest absolute Gasteiger partial charge is 0.417 e. The normalized spacial score (nSPS) is 12.2. The van der Waals surface area contributed by atoms with Crippen molar-refractivity contribution in [2.75, 3.05) is 6.54 Å². The van der Waals surface area contributed by atoms with Crippen LogP contribution in [0.2, 0.25) is 0 Å². The summed E-state index contributed by atoms with van der Waals surface area (Å²) in [7, 11) is 0. The number of alkyl carbamates (subject to hydrolysis) is 1. The molecule has 0 atom stereocenters. The Morgan fingerprint density at radius 3 is 2.00 bits per heavy atom. The van der Waals surface area contributed by atoms with Gasteiger partial charge in [0.2, 0.25) is 0 Å². The lowest BCUT2D eigenvalue weighted by molar-refractivity contribution is -0.143. The average Bonchev–Trinajstić information content (AvgIpc) is 2.62. The van der Waals surface area contributed by atoms with Crippen LogP contribution in [0.5, 0.6) is 0 Å². The summed E-state index contributed by atoms with van der Waals surface area (Å²) in [5.74, 6) is 0. The molecule has 0 aromatic heterocycles. The van der Waals surface area contributed by atoms with Crippen molar-refractivity contribution in [3.8, 4) is 0 Å². The minimum Gasteiger partial charge on any atom is -0.445 e. The Hall–Kier alpha value is -2.97. The number of benzene rings is 2. The van der Waals surface area contributed by atoms with Crippen molar-refractivity contribution in [1.82, 2.24) is 5.32 Å². The van der Waals surface area contributed by atoms with Crippen molar-refractivity contribution < 1.29 is 35.9 Å². The Morgan fingerprint density at radius 1 is 0.893 bits per heavy atom. The van der Waals surface area contributed by atoms with Gasteiger partial charge < -0.3 is 10.1 Å². The van der Waals surface area contributed by atoms with Gasteiger partial charge in [-0.3, -0.25) is 0 Å². The molecular formula is C19H15F6NO2. The minimum atomic E-state index is -4.96. The van der Waals surface area contributed by atoms with Gasteiger partial charge in [0.25, 0.3) is 0 Å². The fourth-order valence-electron chi connectivity index (χ4n) is 2.33. The zero-order chi connectivity index (χ0) is 20.8. The topological polar surface area (TPSA) is 38.3 Å². The maximum absolute atomic E-state index is 13.0. The summed E-state index contributed by atoms with van der Waals surface area (Å²) in [5, 5.41) is 2.23. The molecule has 2 aromatic rings. The number of amides is 1. The van der Waals surface area contributed by atoms with Crippen molar-refractivity contribution in [3.63, 3.8) is 0 Å². The van der Waals surface area contributed by atoms with Crippen molar-refractivity contribution >= 4 is 12.2 Å². The lowest BCUT2D eigenvalue weighted by Gasteiger charge is -2.16. The van der Waals surface area contributed by atoms with Crippen molar-refractivity contribution in [2.45, 2.75) is 19.0 Å². The molecule has 9 heteroatoms. The first kappa shape index (κ1) is 21.3. The van der Waals surface area contributed by atoms with Gasteiger partial charge >= 0.3 is 18.4 Å². The lowest BCUT2D eigenvalue weighted by Crippen LogP contribution is -2.24. The van der Waals surface area contributed by atoms with Crippen LogP contribution in [0.15, 0.2) is 54.6 Å². The van der Waals surface area contributed by atoms with E-state index in [1.165, 1.54) is 0 Å². The van der Waals surface area contributed by atoms with Crippen LogP contribution in [-0.2, 0) is 23.7 Å². The zero-order valence-electron chi connectivity index (χ0n) is 14.3. The molecule has 0 spiro atoms. The Morgan fingerprint density at radius 2 is 1.46 bits per heavy atom. The largest absolute Gasteiger partial charge is 0.445 e. The van der Waals surface area contributed by atoms with Gasteiger partial charge in [-0.25, -0.2) is 4.79 Å². The van der Waals surface area contributed by atoms with Crippen LogP contribution in [0.3, 0.4) is 0 Å². The molecule has 0 heterocycles. The number of hydrogen-bond donors (Lipinski definition) is 1. The monoisotopic (exact) mass is 403 g/mol. The van der Waals surface area contributed by atoms with Gasteiger partial charge in [-0.15, -0.1) is 0 Å². The van der Waals surface area contributed by atoms with E-state index < -0.39 is 35.1 Å². The van der Waals surface area contributed by atoms with Gasteiger partial charge in [0.05, 0.1) is 11.1 Å². The van der Waals surface area contributed by atoms with E-state index in [1.54, 1.807) is 30.3 Å². The highest BCUT2D eigenvalue weighted by molar-refractivity contribution is 5.68. The van der Waals surface area contributed by atoms with Crippen LogP contribution in [-0.4, -0.2) is 12.6 Å². The molecule has 28 heavy (non-hydrogen) atoms. The molecule has 0 aliphatic carbocycles. The number of carbonyl (C=O) groups is 1. The Labute approximate surface area is 156 Å². The molecule has 0 aliphatic heterocycles. The fraction of sp³-hybridized carbons (Fsp3) is 0.211. The Bertz CT molecular complexity index is 796. The highest BCUT2D eigenvalue weighted by atomic mass is 19.4. The van der Waals surface area contributed by atoms with E-state index in [-0.39, 0.29) is 13.2 Å². The fourth-order valence-corrected chi connectivity index (χ4v) is 2.33. The molecular weight excluding hydrogens is 388 g/mol. The zero-order valence-corrected chi connectivity index (χ0v) is 14.3. The summed E-state index contributed by atoms with van der Waals surface area (Å²) in [6.45, 7) is -0.331. The first-order valence-electron chi connectivity index (χ1n) is 7.97. The van der Waals surface area contributed by atoms with Crippen LogP contribution in [0.25, 0.3) is 6.08 Å². The molecule has 150 valence electrons. The maximum atomic E-state index is 13.0. The van der Waals surface area contributed by atoms with E-state index in [9.17, 15) is 31.1 Å². The van der Waals surface area contributed by atoms with Gasteiger partial charge in [-0.1, -0.05) is 48.6 Å². The van der Waals surface area contributed by atoms with Crippen LogP contribution in [0, 0.1) is 0 Å². The Kier molecular flexibility index (Phi) is 6.71. The lowest BCUT2D eigenvalue weighted by atomic mass is 9.99. The molecule has 1 N–H and O–H groups in total. The third-order valence-electron chi connectivity index (χ3n) is 3.58. The molecule has 2 rings (SSSR count). The third-order valence-corrected chi connectivity index (χ3v) is 3.58. The maximum Gasteiger partial charge on any atom is 0.417 e. The van der Waals surface area contributed by atoms with Gasteiger partial charge in [0.1, 0.15) is 6.61 Å². The third kappa shape index (κ3) is 6.04. The standard InChI is InChI=1S/C19H15F6NO2/c20-18(21,22)15-9-4-10-16(19(23,24)25)14(15)8-5-11-26-17(27)28-12-13-6-2-1-3-7-13/h1-10H,11-12H2,(H,26,27). The summed E-state index contributed by atoms with van der Waals surface area (Å²) in [6.07, 6.45) is -9.09. The summed E-state index contributed by atoms with van der Waals surface area (Å²) >= 11 is 0. The van der Waals surface area contributed by atoms with Crippen LogP contribution in [0.4, 0.5) is 31.1 Å². The molecule has 0 saturated carbocycles. The van der Waals surface area contributed by atoms with Crippen molar-refractivity contribution in [3.05, 3.63) is 76.9 Å². The molecule has 0 bridgehead atoms. The van der Waals surface area contributed by atoms with E-state index in [0.717, 1.165) is 11.6 Å². The predicted molar refractivity (Wildman–Crippen MR) is 90.1 cm³/mol. The molecule has 2 aromatic carbocycles. The SMILES string of the molecule is O=C(NCC=Cc1c(C(F)(F)F)cccc1C(F)(F)F)OCc1ccccc1. The van der Waals surface area contributed by atoms with Gasteiger partial charge in [0, 0.05) is 6.54 Å². The highest BCUT2D eigenvalue weighted by Crippen LogP contribution is 2.39. The summed E-state index contributed by atoms with van der Waals surface area (Å²) in [4.78, 5) is 11.6. The quantitative estimate of drug-likeness (QED) is 0.654. The predicted octanol–water partition coefficient (Wildman–Crippen LogP) is 5.66. The second-order valence-electron chi connectivity index (χ2n) is 5.61. The number of ether oxygens (including phenoxy) is 1. The first-order chi connectivity index (χ1) is 13.1. The summed E-state index contributed by atoms with van der Waals surface area (Å²) in [5.41, 5.74) is -3.11. The van der Waals surface area contributed by atoms with Crippen LogP contribution >= 0.6 is 0 Å². The summed E-state index contributed by atoms with van der Waals surface area (Å²) in [6, 6.07) is 10.5. The number of nitrogens with one attached hydrogen (secondary N) is 1. The molecule has 0 aliphatic rings. The average molecular weight is 403 g/mol. The van der Waals surface area contributed by atoms with Crippen molar-refractivity contribution in [1.29, 1.82) is 0 Å². The minimum absolute atomic E-state index is 0.0223. The van der Waals surface area contributed by atoms with E-state index in [2.05, 4.69) is 5.32 Å². The second kappa shape index (κ2) is 8.81.